The Morgan fingerprint density at radius 3 is 2.82 bits per heavy atom. The van der Waals surface area contributed by atoms with Crippen molar-refractivity contribution in [3.63, 3.8) is 0 Å². The third-order valence-corrected chi connectivity index (χ3v) is 2.92. The van der Waals surface area contributed by atoms with Gasteiger partial charge >= 0.3 is 0 Å². The number of ether oxygens (including phenoxy) is 1. The van der Waals surface area contributed by atoms with Crippen molar-refractivity contribution in [1.29, 1.82) is 0 Å². The first-order valence-corrected chi connectivity index (χ1v) is 4.47. The van der Waals surface area contributed by atoms with Crippen molar-refractivity contribution in [2.45, 2.75) is 38.1 Å². The SMILES string of the molecule is COCC1(N)CCCCC1C. The van der Waals surface area contributed by atoms with E-state index in [4.69, 9.17) is 10.5 Å². The molecule has 1 saturated carbocycles. The summed E-state index contributed by atoms with van der Waals surface area (Å²) in [5, 5.41) is 0. The lowest BCUT2D eigenvalue weighted by Crippen LogP contribution is -2.51. The molecule has 1 fully saturated rings. The zero-order valence-corrected chi connectivity index (χ0v) is 7.60. The fraction of sp³-hybridized carbons (Fsp3) is 1.00. The van der Waals surface area contributed by atoms with E-state index in [0.29, 0.717) is 12.5 Å². The van der Waals surface area contributed by atoms with E-state index in [2.05, 4.69) is 6.92 Å². The summed E-state index contributed by atoms with van der Waals surface area (Å²) < 4.78 is 5.13. The molecule has 11 heavy (non-hydrogen) atoms. The molecule has 0 aromatic carbocycles. The molecule has 1 aliphatic carbocycles. The Balaban J connectivity index is 2.49. The van der Waals surface area contributed by atoms with Crippen LogP contribution in [0.4, 0.5) is 0 Å². The van der Waals surface area contributed by atoms with Crippen LogP contribution in [0.5, 0.6) is 0 Å². The average Bonchev–Trinajstić information content (AvgIpc) is 1.96. The van der Waals surface area contributed by atoms with Crippen molar-refractivity contribution in [3.8, 4) is 0 Å². The molecule has 1 rings (SSSR count). The predicted molar refractivity (Wildman–Crippen MR) is 46.4 cm³/mol. The molecule has 2 N–H and O–H groups in total. The Morgan fingerprint density at radius 2 is 2.27 bits per heavy atom. The molecule has 0 spiro atoms. The molecule has 0 aliphatic heterocycles. The first-order valence-electron chi connectivity index (χ1n) is 4.47. The molecule has 0 amide bonds. The van der Waals surface area contributed by atoms with Crippen molar-refractivity contribution >= 4 is 0 Å². The molecule has 0 radical (unpaired) electrons. The van der Waals surface area contributed by atoms with Crippen LogP contribution in [0.2, 0.25) is 0 Å². The van der Waals surface area contributed by atoms with Crippen LogP contribution < -0.4 is 5.73 Å². The molecule has 2 atom stereocenters. The largest absolute Gasteiger partial charge is 0.383 e. The number of methoxy groups -OCH3 is 1. The second kappa shape index (κ2) is 3.55. The molecular formula is C9H19NO. The van der Waals surface area contributed by atoms with E-state index in [-0.39, 0.29) is 5.54 Å². The van der Waals surface area contributed by atoms with E-state index in [0.717, 1.165) is 6.42 Å². The zero-order valence-electron chi connectivity index (χ0n) is 7.60. The monoisotopic (exact) mass is 157 g/mol. The van der Waals surface area contributed by atoms with Crippen molar-refractivity contribution in [2.75, 3.05) is 13.7 Å². The summed E-state index contributed by atoms with van der Waals surface area (Å²) in [6.45, 7) is 2.95. The van der Waals surface area contributed by atoms with E-state index in [9.17, 15) is 0 Å². The standard InChI is InChI=1S/C9H19NO/c1-8-5-3-4-6-9(8,10)7-11-2/h8H,3-7,10H2,1-2H3. The minimum Gasteiger partial charge on any atom is -0.383 e. The Hall–Kier alpha value is -0.0800. The summed E-state index contributed by atoms with van der Waals surface area (Å²) >= 11 is 0. The maximum Gasteiger partial charge on any atom is 0.0645 e. The van der Waals surface area contributed by atoms with Crippen LogP contribution in [0.25, 0.3) is 0 Å². The second-order valence-electron chi connectivity index (χ2n) is 3.81. The van der Waals surface area contributed by atoms with E-state index < -0.39 is 0 Å². The Labute approximate surface area is 69.1 Å². The van der Waals surface area contributed by atoms with E-state index in [1.807, 2.05) is 0 Å². The topological polar surface area (TPSA) is 35.2 Å². The van der Waals surface area contributed by atoms with Crippen molar-refractivity contribution in [2.24, 2.45) is 11.7 Å². The summed E-state index contributed by atoms with van der Waals surface area (Å²) in [7, 11) is 1.73. The summed E-state index contributed by atoms with van der Waals surface area (Å²) in [5.41, 5.74) is 6.15. The number of hydrogen-bond acceptors (Lipinski definition) is 2. The lowest BCUT2D eigenvalue weighted by Gasteiger charge is -2.38. The predicted octanol–water partition coefficient (Wildman–Crippen LogP) is 1.54. The highest BCUT2D eigenvalue weighted by Crippen LogP contribution is 2.31. The Bertz CT molecular complexity index is 123. The molecule has 0 bridgehead atoms. The average molecular weight is 157 g/mol. The van der Waals surface area contributed by atoms with Gasteiger partial charge in [0.2, 0.25) is 0 Å². The highest BCUT2D eigenvalue weighted by molar-refractivity contribution is 4.91. The van der Waals surface area contributed by atoms with Crippen LogP contribution >= 0.6 is 0 Å². The minimum atomic E-state index is -0.0347. The van der Waals surface area contributed by atoms with Gasteiger partial charge in [-0.2, -0.15) is 0 Å². The lowest BCUT2D eigenvalue weighted by molar-refractivity contribution is 0.0741. The van der Waals surface area contributed by atoms with Gasteiger partial charge in [-0.25, -0.2) is 0 Å². The summed E-state index contributed by atoms with van der Waals surface area (Å²) in [4.78, 5) is 0. The quantitative estimate of drug-likeness (QED) is 0.660. The fourth-order valence-corrected chi connectivity index (χ4v) is 1.92. The van der Waals surface area contributed by atoms with Crippen molar-refractivity contribution in [1.82, 2.24) is 0 Å². The minimum absolute atomic E-state index is 0.0347. The van der Waals surface area contributed by atoms with Gasteiger partial charge in [-0.05, 0) is 18.8 Å². The van der Waals surface area contributed by atoms with Gasteiger partial charge in [0, 0.05) is 12.6 Å². The summed E-state index contributed by atoms with van der Waals surface area (Å²) in [6, 6.07) is 0. The van der Waals surface area contributed by atoms with Crippen LogP contribution in [0.3, 0.4) is 0 Å². The molecule has 66 valence electrons. The number of nitrogens with two attached hydrogens (primary N) is 1. The van der Waals surface area contributed by atoms with Gasteiger partial charge in [0.05, 0.1) is 6.61 Å². The smallest absolute Gasteiger partial charge is 0.0645 e. The van der Waals surface area contributed by atoms with Crippen molar-refractivity contribution < 1.29 is 4.74 Å². The molecule has 2 unspecified atom stereocenters. The molecule has 2 nitrogen and oxygen atoms in total. The number of hydrogen-bond donors (Lipinski definition) is 1. The highest BCUT2D eigenvalue weighted by atomic mass is 16.5. The second-order valence-corrected chi connectivity index (χ2v) is 3.81. The van der Waals surface area contributed by atoms with Gasteiger partial charge < -0.3 is 10.5 Å². The third kappa shape index (κ3) is 1.94. The van der Waals surface area contributed by atoms with Crippen molar-refractivity contribution in [3.05, 3.63) is 0 Å². The van der Waals surface area contributed by atoms with Gasteiger partial charge in [-0.3, -0.25) is 0 Å². The molecular weight excluding hydrogens is 138 g/mol. The summed E-state index contributed by atoms with van der Waals surface area (Å²) in [6.07, 6.45) is 5.00. The van der Waals surface area contributed by atoms with Crippen LogP contribution in [0, 0.1) is 5.92 Å². The highest BCUT2D eigenvalue weighted by Gasteiger charge is 2.33. The van der Waals surface area contributed by atoms with Gasteiger partial charge in [-0.1, -0.05) is 19.8 Å². The lowest BCUT2D eigenvalue weighted by atomic mass is 9.75. The number of rotatable bonds is 2. The van der Waals surface area contributed by atoms with Gasteiger partial charge in [0.15, 0.2) is 0 Å². The van der Waals surface area contributed by atoms with E-state index in [1.165, 1.54) is 19.3 Å². The van der Waals surface area contributed by atoms with Crippen LogP contribution in [0.15, 0.2) is 0 Å². The fourth-order valence-electron chi connectivity index (χ4n) is 1.92. The molecule has 2 heteroatoms. The first kappa shape index (κ1) is 9.01. The molecule has 0 heterocycles. The Kier molecular flexibility index (Phi) is 2.90. The van der Waals surface area contributed by atoms with Gasteiger partial charge in [-0.15, -0.1) is 0 Å². The van der Waals surface area contributed by atoms with Gasteiger partial charge in [0.25, 0.3) is 0 Å². The maximum atomic E-state index is 6.19. The van der Waals surface area contributed by atoms with Gasteiger partial charge in [0.1, 0.15) is 0 Å². The molecule has 0 aromatic heterocycles. The normalized spacial score (nSPS) is 39.0. The first-order chi connectivity index (χ1) is 5.19. The van der Waals surface area contributed by atoms with Crippen LogP contribution in [-0.2, 0) is 4.74 Å². The third-order valence-electron chi connectivity index (χ3n) is 2.92. The summed E-state index contributed by atoms with van der Waals surface area (Å²) in [5.74, 6) is 0.621. The van der Waals surface area contributed by atoms with E-state index in [1.54, 1.807) is 7.11 Å². The van der Waals surface area contributed by atoms with Crippen LogP contribution in [0.1, 0.15) is 32.6 Å². The van der Waals surface area contributed by atoms with E-state index >= 15 is 0 Å². The van der Waals surface area contributed by atoms with Crippen LogP contribution in [-0.4, -0.2) is 19.3 Å². The Morgan fingerprint density at radius 1 is 1.55 bits per heavy atom. The molecule has 1 aliphatic rings. The maximum absolute atomic E-state index is 6.19. The molecule has 0 saturated heterocycles. The zero-order chi connectivity index (χ0) is 8.32. The molecule has 0 aromatic rings.